The van der Waals surface area contributed by atoms with Crippen molar-refractivity contribution < 1.29 is 24.5 Å². The van der Waals surface area contributed by atoms with Crippen LogP contribution in [0.5, 0.6) is 0 Å². The van der Waals surface area contributed by atoms with Crippen LogP contribution in [0.4, 0.5) is 0 Å². The number of carboxylic acids is 1. The first-order chi connectivity index (χ1) is 9.46. The van der Waals surface area contributed by atoms with Gasteiger partial charge in [0.1, 0.15) is 0 Å². The molecular weight excluding hydrogens is 264 g/mol. The molecule has 2 unspecified atom stereocenters. The molecule has 7 heteroatoms. The Morgan fingerprint density at radius 2 is 2.05 bits per heavy atom. The number of methoxy groups -OCH3 is 1. The van der Waals surface area contributed by atoms with Crippen molar-refractivity contribution in [2.45, 2.75) is 26.3 Å². The molecule has 0 aliphatic carbocycles. The second-order valence-corrected chi connectivity index (χ2v) is 4.76. The first-order valence-electron chi connectivity index (χ1n) is 6.79. The number of amides is 1. The van der Waals surface area contributed by atoms with Gasteiger partial charge >= 0.3 is 5.97 Å². The molecule has 0 aromatic heterocycles. The Morgan fingerprint density at radius 1 is 1.40 bits per heavy atom. The zero-order chi connectivity index (χ0) is 15.5. The molecular formula is C13H26N2O5. The van der Waals surface area contributed by atoms with Gasteiger partial charge in [-0.1, -0.05) is 13.8 Å². The van der Waals surface area contributed by atoms with Gasteiger partial charge in [0.2, 0.25) is 5.91 Å². The fourth-order valence-corrected chi connectivity index (χ4v) is 1.81. The predicted molar refractivity (Wildman–Crippen MR) is 74.4 cm³/mol. The average molecular weight is 290 g/mol. The van der Waals surface area contributed by atoms with Gasteiger partial charge in [0, 0.05) is 26.2 Å². The minimum absolute atomic E-state index is 0.0698. The quantitative estimate of drug-likeness (QED) is 0.445. The second kappa shape index (κ2) is 10.6. The number of nitrogens with one attached hydrogen (secondary N) is 1. The highest BCUT2D eigenvalue weighted by Gasteiger charge is 2.23. The summed E-state index contributed by atoms with van der Waals surface area (Å²) in [4.78, 5) is 24.4. The first-order valence-corrected chi connectivity index (χ1v) is 6.79. The Kier molecular flexibility index (Phi) is 9.96. The summed E-state index contributed by atoms with van der Waals surface area (Å²) in [5.74, 6) is -1.71. The van der Waals surface area contributed by atoms with Crippen LogP contribution >= 0.6 is 0 Å². The van der Waals surface area contributed by atoms with Gasteiger partial charge in [0.05, 0.1) is 25.7 Å². The van der Waals surface area contributed by atoms with Crippen LogP contribution in [0.3, 0.4) is 0 Å². The number of rotatable bonds is 11. The van der Waals surface area contributed by atoms with Gasteiger partial charge in [-0.2, -0.15) is 0 Å². The summed E-state index contributed by atoms with van der Waals surface area (Å²) in [6, 6.07) is -0.218. The van der Waals surface area contributed by atoms with Crippen LogP contribution < -0.4 is 5.32 Å². The molecule has 0 aromatic carbocycles. The van der Waals surface area contributed by atoms with E-state index in [2.05, 4.69) is 5.32 Å². The van der Waals surface area contributed by atoms with Crippen molar-refractivity contribution in [1.82, 2.24) is 10.2 Å². The van der Waals surface area contributed by atoms with E-state index >= 15 is 0 Å². The van der Waals surface area contributed by atoms with Gasteiger partial charge in [-0.25, -0.2) is 0 Å². The fraction of sp³-hybridized carbons (Fsp3) is 0.846. The summed E-state index contributed by atoms with van der Waals surface area (Å²) < 4.78 is 4.84. The first kappa shape index (κ1) is 18.8. The van der Waals surface area contributed by atoms with Crippen molar-refractivity contribution in [2.24, 2.45) is 5.92 Å². The third-order valence-electron chi connectivity index (χ3n) is 3.10. The fourth-order valence-electron chi connectivity index (χ4n) is 1.81. The van der Waals surface area contributed by atoms with E-state index in [1.165, 1.54) is 0 Å². The van der Waals surface area contributed by atoms with Gasteiger partial charge in [0.25, 0.3) is 0 Å². The number of ether oxygens (including phenoxy) is 1. The molecule has 20 heavy (non-hydrogen) atoms. The van der Waals surface area contributed by atoms with Crippen LogP contribution in [0.1, 0.15) is 20.3 Å². The number of aliphatic hydroxyl groups excluding tert-OH is 1. The molecule has 0 fully saturated rings. The zero-order valence-corrected chi connectivity index (χ0v) is 12.5. The molecule has 2 atom stereocenters. The van der Waals surface area contributed by atoms with E-state index in [4.69, 9.17) is 9.84 Å². The van der Waals surface area contributed by atoms with Crippen molar-refractivity contribution in [3.8, 4) is 0 Å². The number of carbonyl (C=O) groups excluding carboxylic acids is 1. The predicted octanol–water partition coefficient (Wildman–Crippen LogP) is -0.457. The van der Waals surface area contributed by atoms with E-state index in [-0.39, 0.29) is 31.6 Å². The van der Waals surface area contributed by atoms with Crippen molar-refractivity contribution in [3.05, 3.63) is 0 Å². The molecule has 0 rings (SSSR count). The summed E-state index contributed by atoms with van der Waals surface area (Å²) in [5, 5.41) is 21.0. The normalized spacial score (nSPS) is 14.1. The van der Waals surface area contributed by atoms with Crippen molar-refractivity contribution in [2.75, 3.05) is 40.0 Å². The smallest absolute Gasteiger partial charge is 0.307 e. The second-order valence-electron chi connectivity index (χ2n) is 4.76. The van der Waals surface area contributed by atoms with E-state index in [9.17, 15) is 14.7 Å². The topological polar surface area (TPSA) is 99.1 Å². The Morgan fingerprint density at radius 3 is 2.50 bits per heavy atom. The molecule has 1 amide bonds. The van der Waals surface area contributed by atoms with Crippen LogP contribution in [0.15, 0.2) is 0 Å². The minimum Gasteiger partial charge on any atom is -0.481 e. The largest absolute Gasteiger partial charge is 0.481 e. The molecule has 0 aliphatic rings. The summed E-state index contributed by atoms with van der Waals surface area (Å²) in [6.45, 7) is 4.51. The maximum absolute atomic E-state index is 11.8. The Bertz CT molecular complexity index is 294. The maximum Gasteiger partial charge on any atom is 0.307 e. The van der Waals surface area contributed by atoms with Crippen LogP contribution in [-0.2, 0) is 14.3 Å². The molecule has 0 bridgehead atoms. The molecule has 118 valence electrons. The van der Waals surface area contributed by atoms with Gasteiger partial charge in [-0.15, -0.1) is 0 Å². The number of hydrogen-bond donors (Lipinski definition) is 3. The van der Waals surface area contributed by atoms with E-state index in [0.29, 0.717) is 19.6 Å². The third-order valence-corrected chi connectivity index (χ3v) is 3.10. The van der Waals surface area contributed by atoms with Gasteiger partial charge in [0.15, 0.2) is 0 Å². The summed E-state index contributed by atoms with van der Waals surface area (Å²) >= 11 is 0. The average Bonchev–Trinajstić information content (AvgIpc) is 2.40. The number of carboxylic acid groups (broad SMARTS) is 1. The number of hydrogen-bond acceptors (Lipinski definition) is 5. The Labute approximate surface area is 119 Å². The lowest BCUT2D eigenvalue weighted by Crippen LogP contribution is -2.47. The molecule has 0 radical (unpaired) electrons. The number of carbonyl (C=O) groups is 2. The monoisotopic (exact) mass is 290 g/mol. The SMILES string of the molecule is CCC(CO)N(CC(=O)NCCOC)CC(C)C(=O)O. The Balaban J connectivity index is 4.51. The lowest BCUT2D eigenvalue weighted by atomic mass is 10.1. The molecule has 0 spiro atoms. The summed E-state index contributed by atoms with van der Waals surface area (Å²) in [7, 11) is 1.55. The zero-order valence-electron chi connectivity index (χ0n) is 12.5. The molecule has 0 aromatic rings. The summed E-state index contributed by atoms with van der Waals surface area (Å²) in [6.07, 6.45) is 0.647. The standard InChI is InChI=1S/C13H26N2O5/c1-4-11(9-16)15(7-10(2)13(18)19)8-12(17)14-5-6-20-3/h10-11,16H,4-9H2,1-3H3,(H,14,17)(H,18,19). The van der Waals surface area contributed by atoms with Crippen molar-refractivity contribution in [1.29, 1.82) is 0 Å². The number of nitrogens with zero attached hydrogens (tertiary/aromatic N) is 1. The van der Waals surface area contributed by atoms with Crippen molar-refractivity contribution >= 4 is 11.9 Å². The van der Waals surface area contributed by atoms with E-state index in [1.54, 1.807) is 18.9 Å². The molecule has 0 saturated heterocycles. The van der Waals surface area contributed by atoms with Gasteiger partial charge in [-0.05, 0) is 6.42 Å². The van der Waals surface area contributed by atoms with E-state index in [1.807, 2.05) is 6.92 Å². The third kappa shape index (κ3) is 7.42. The number of aliphatic hydroxyl groups is 1. The van der Waals surface area contributed by atoms with Crippen molar-refractivity contribution in [3.63, 3.8) is 0 Å². The lowest BCUT2D eigenvalue weighted by molar-refractivity contribution is -0.142. The van der Waals surface area contributed by atoms with E-state index < -0.39 is 11.9 Å². The maximum atomic E-state index is 11.8. The lowest BCUT2D eigenvalue weighted by Gasteiger charge is -2.30. The van der Waals surface area contributed by atoms with Gasteiger partial charge < -0.3 is 20.3 Å². The highest BCUT2D eigenvalue weighted by atomic mass is 16.5. The van der Waals surface area contributed by atoms with Crippen LogP contribution in [0.25, 0.3) is 0 Å². The van der Waals surface area contributed by atoms with Crippen LogP contribution in [0.2, 0.25) is 0 Å². The number of aliphatic carboxylic acids is 1. The minimum atomic E-state index is -0.914. The Hall–Kier alpha value is -1.18. The molecule has 0 heterocycles. The van der Waals surface area contributed by atoms with Crippen LogP contribution in [-0.4, -0.2) is 73.0 Å². The van der Waals surface area contributed by atoms with Gasteiger partial charge in [-0.3, -0.25) is 14.5 Å². The summed E-state index contributed by atoms with van der Waals surface area (Å²) in [5.41, 5.74) is 0. The highest BCUT2D eigenvalue weighted by Crippen LogP contribution is 2.08. The van der Waals surface area contributed by atoms with E-state index in [0.717, 1.165) is 0 Å². The highest BCUT2D eigenvalue weighted by molar-refractivity contribution is 5.78. The molecule has 7 nitrogen and oxygen atoms in total. The molecule has 0 aliphatic heterocycles. The molecule has 3 N–H and O–H groups in total. The van der Waals surface area contributed by atoms with Crippen LogP contribution in [0, 0.1) is 5.92 Å². The molecule has 0 saturated carbocycles.